The summed E-state index contributed by atoms with van der Waals surface area (Å²) < 4.78 is 18.9. The van der Waals surface area contributed by atoms with E-state index in [4.69, 9.17) is 16.3 Å². The lowest BCUT2D eigenvalue weighted by Gasteiger charge is -2.23. The zero-order valence-electron chi connectivity index (χ0n) is 14.6. The fourth-order valence-corrected chi connectivity index (χ4v) is 3.43. The molecule has 2 aromatic rings. The van der Waals surface area contributed by atoms with E-state index in [9.17, 15) is 14.3 Å². The molecule has 2 atom stereocenters. The lowest BCUT2D eigenvalue weighted by atomic mass is 9.94. The third-order valence-corrected chi connectivity index (χ3v) is 4.71. The molecule has 1 aliphatic rings. The monoisotopic (exact) mass is 374 g/mol. The third kappa shape index (κ3) is 4.14. The highest BCUT2D eigenvalue weighted by Gasteiger charge is 2.25. The van der Waals surface area contributed by atoms with Crippen LogP contribution in [0.2, 0.25) is 5.02 Å². The highest BCUT2D eigenvalue weighted by molar-refractivity contribution is 6.31. The van der Waals surface area contributed by atoms with Gasteiger partial charge in [-0.25, -0.2) is 4.39 Å². The van der Waals surface area contributed by atoms with Gasteiger partial charge in [0, 0.05) is 11.4 Å². The summed E-state index contributed by atoms with van der Waals surface area (Å²) in [5.41, 5.74) is 4.15. The minimum atomic E-state index is -0.684. The molecule has 3 rings (SSSR count). The number of rotatable bonds is 3. The summed E-state index contributed by atoms with van der Waals surface area (Å²) in [6.45, 7) is 3.65. The highest BCUT2D eigenvalue weighted by atomic mass is 35.5. The van der Waals surface area contributed by atoms with Crippen LogP contribution >= 0.6 is 11.6 Å². The van der Waals surface area contributed by atoms with Crippen LogP contribution in [-0.4, -0.2) is 23.3 Å². The van der Waals surface area contributed by atoms with Gasteiger partial charge >= 0.3 is 5.97 Å². The predicted molar refractivity (Wildman–Crippen MR) is 100 cm³/mol. The summed E-state index contributed by atoms with van der Waals surface area (Å²) in [4.78, 5) is 11.5. The van der Waals surface area contributed by atoms with Gasteiger partial charge in [-0.3, -0.25) is 4.79 Å². The molecule has 136 valence electrons. The van der Waals surface area contributed by atoms with Crippen LogP contribution in [0.4, 0.5) is 4.39 Å². The minimum absolute atomic E-state index is 0.0322. The van der Waals surface area contributed by atoms with Crippen molar-refractivity contribution in [2.75, 3.05) is 0 Å². The molecule has 0 aliphatic carbocycles. The van der Waals surface area contributed by atoms with Gasteiger partial charge < -0.3 is 9.84 Å². The first-order valence-corrected chi connectivity index (χ1v) is 8.83. The Morgan fingerprint density at radius 2 is 2.00 bits per heavy atom. The molecular formula is C21H20ClFO3. The van der Waals surface area contributed by atoms with Gasteiger partial charge in [-0.05, 0) is 72.0 Å². The molecule has 1 fully saturated rings. The van der Waals surface area contributed by atoms with Crippen LogP contribution in [0.1, 0.15) is 29.5 Å². The van der Waals surface area contributed by atoms with E-state index >= 15 is 0 Å². The van der Waals surface area contributed by atoms with Gasteiger partial charge in [0.2, 0.25) is 0 Å². The molecule has 2 unspecified atom stereocenters. The number of cyclic esters (lactones) is 1. The minimum Gasteiger partial charge on any atom is -0.458 e. The highest BCUT2D eigenvalue weighted by Crippen LogP contribution is 2.32. The molecule has 1 N–H and O–H groups in total. The maximum atomic E-state index is 13.6. The third-order valence-electron chi connectivity index (χ3n) is 4.49. The van der Waals surface area contributed by atoms with Gasteiger partial charge in [0.25, 0.3) is 0 Å². The SMILES string of the molecule is Cc1cc(-c2cc(Cl)cc(C)c2C=CC2CC(O)CC(=O)O2)ccc1F. The molecule has 0 radical (unpaired) electrons. The van der Waals surface area contributed by atoms with E-state index in [1.165, 1.54) is 6.07 Å². The van der Waals surface area contributed by atoms with Crippen LogP contribution in [0, 0.1) is 19.7 Å². The molecular weight excluding hydrogens is 355 g/mol. The molecule has 5 heteroatoms. The van der Waals surface area contributed by atoms with Crippen LogP contribution in [-0.2, 0) is 9.53 Å². The number of aliphatic hydroxyl groups excluding tert-OH is 1. The van der Waals surface area contributed by atoms with Crippen LogP contribution in [0.3, 0.4) is 0 Å². The van der Waals surface area contributed by atoms with Crippen molar-refractivity contribution >= 4 is 23.6 Å². The average molecular weight is 375 g/mol. The Bertz CT molecular complexity index is 876. The molecule has 0 bridgehead atoms. The van der Waals surface area contributed by atoms with Crippen molar-refractivity contribution in [2.24, 2.45) is 0 Å². The number of carbonyl (C=O) groups is 1. The molecule has 1 aliphatic heterocycles. The second-order valence-corrected chi connectivity index (χ2v) is 7.07. The normalized spacial score (nSPS) is 20.4. The number of aryl methyl sites for hydroxylation is 2. The largest absolute Gasteiger partial charge is 0.458 e. The Hall–Kier alpha value is -2.17. The summed E-state index contributed by atoms with van der Waals surface area (Å²) in [7, 11) is 0. The van der Waals surface area contributed by atoms with Crippen molar-refractivity contribution < 1.29 is 19.0 Å². The van der Waals surface area contributed by atoms with Crippen molar-refractivity contribution in [3.05, 3.63) is 63.9 Å². The molecule has 0 saturated carbocycles. The maximum absolute atomic E-state index is 13.6. The fourth-order valence-electron chi connectivity index (χ4n) is 3.16. The number of hydrogen-bond acceptors (Lipinski definition) is 3. The fraction of sp³-hybridized carbons (Fsp3) is 0.286. The first-order valence-electron chi connectivity index (χ1n) is 8.46. The van der Waals surface area contributed by atoms with Crippen molar-refractivity contribution in [1.82, 2.24) is 0 Å². The number of hydrogen-bond donors (Lipinski definition) is 1. The summed E-state index contributed by atoms with van der Waals surface area (Å²) in [6.07, 6.45) is 2.90. The Morgan fingerprint density at radius 3 is 2.69 bits per heavy atom. The first-order chi connectivity index (χ1) is 12.3. The van der Waals surface area contributed by atoms with Gasteiger partial charge in [-0.15, -0.1) is 0 Å². The van der Waals surface area contributed by atoms with Gasteiger partial charge in [0.15, 0.2) is 0 Å². The number of aliphatic hydroxyl groups is 1. The van der Waals surface area contributed by atoms with E-state index in [-0.39, 0.29) is 12.2 Å². The Balaban J connectivity index is 1.99. The van der Waals surface area contributed by atoms with Gasteiger partial charge in [0.05, 0.1) is 12.5 Å². The molecule has 3 nitrogen and oxygen atoms in total. The van der Waals surface area contributed by atoms with E-state index in [0.29, 0.717) is 17.0 Å². The summed E-state index contributed by atoms with van der Waals surface area (Å²) in [5.74, 6) is -0.659. The number of carbonyl (C=O) groups excluding carboxylic acids is 1. The molecule has 0 spiro atoms. The van der Waals surface area contributed by atoms with Crippen LogP contribution in [0.5, 0.6) is 0 Å². The van der Waals surface area contributed by atoms with E-state index in [0.717, 1.165) is 22.3 Å². The van der Waals surface area contributed by atoms with Crippen molar-refractivity contribution in [3.63, 3.8) is 0 Å². The lowest BCUT2D eigenvalue weighted by molar-refractivity contribution is -0.156. The maximum Gasteiger partial charge on any atom is 0.309 e. The quantitative estimate of drug-likeness (QED) is 0.782. The van der Waals surface area contributed by atoms with Crippen molar-refractivity contribution in [1.29, 1.82) is 0 Å². The predicted octanol–water partition coefficient (Wildman–Crippen LogP) is 4.84. The van der Waals surface area contributed by atoms with Crippen molar-refractivity contribution in [3.8, 4) is 11.1 Å². The molecule has 0 aromatic heterocycles. The summed E-state index contributed by atoms with van der Waals surface area (Å²) in [6, 6.07) is 8.62. The van der Waals surface area contributed by atoms with E-state index in [1.807, 2.05) is 25.1 Å². The van der Waals surface area contributed by atoms with Gasteiger partial charge in [0.1, 0.15) is 11.9 Å². The van der Waals surface area contributed by atoms with Gasteiger partial charge in [-0.2, -0.15) is 0 Å². The Kier molecular flexibility index (Phi) is 5.44. The smallest absolute Gasteiger partial charge is 0.309 e. The summed E-state index contributed by atoms with van der Waals surface area (Å²) in [5, 5.41) is 10.3. The van der Waals surface area contributed by atoms with Crippen LogP contribution in [0.25, 0.3) is 17.2 Å². The lowest BCUT2D eigenvalue weighted by Crippen LogP contribution is -2.31. The second-order valence-electron chi connectivity index (χ2n) is 6.63. The standard InChI is InChI=1S/C21H20ClFO3/c1-12-8-15(22)9-19(14-3-6-20(23)13(2)7-14)18(12)5-4-17-10-16(24)11-21(25)26-17/h3-9,16-17,24H,10-11H2,1-2H3. The van der Waals surface area contributed by atoms with Crippen LogP contribution in [0.15, 0.2) is 36.4 Å². The number of halogens is 2. The van der Waals surface area contributed by atoms with Crippen LogP contribution < -0.4 is 0 Å². The number of ether oxygens (including phenoxy) is 1. The van der Waals surface area contributed by atoms with Crippen molar-refractivity contribution in [2.45, 2.75) is 38.9 Å². The molecule has 1 saturated heterocycles. The second kappa shape index (κ2) is 7.60. The zero-order chi connectivity index (χ0) is 18.8. The molecule has 26 heavy (non-hydrogen) atoms. The molecule has 0 amide bonds. The van der Waals surface area contributed by atoms with E-state index in [2.05, 4.69) is 0 Å². The van der Waals surface area contributed by atoms with E-state index in [1.54, 1.807) is 25.1 Å². The number of esters is 1. The van der Waals surface area contributed by atoms with E-state index < -0.39 is 18.2 Å². The number of benzene rings is 2. The average Bonchev–Trinajstić information content (AvgIpc) is 2.55. The summed E-state index contributed by atoms with van der Waals surface area (Å²) >= 11 is 6.23. The Labute approximate surface area is 157 Å². The van der Waals surface area contributed by atoms with Gasteiger partial charge in [-0.1, -0.05) is 23.7 Å². The topological polar surface area (TPSA) is 46.5 Å². The first kappa shape index (κ1) is 18.6. The zero-order valence-corrected chi connectivity index (χ0v) is 15.4. The molecule has 2 aromatic carbocycles. The Morgan fingerprint density at radius 1 is 1.23 bits per heavy atom. The molecule has 1 heterocycles.